The summed E-state index contributed by atoms with van der Waals surface area (Å²) < 4.78 is 0. The average molecular weight is 280 g/mol. The first-order chi connectivity index (χ1) is 9.64. The number of hydrogen-bond acceptors (Lipinski definition) is 1. The summed E-state index contributed by atoms with van der Waals surface area (Å²) in [6.45, 7) is 5.96. The third kappa shape index (κ3) is 5.30. The van der Waals surface area contributed by atoms with Crippen molar-refractivity contribution in [2.75, 3.05) is 0 Å². The predicted octanol–water partition coefficient (Wildman–Crippen LogP) is 5.57. The van der Waals surface area contributed by atoms with Gasteiger partial charge in [0, 0.05) is 0 Å². The van der Waals surface area contributed by atoms with Gasteiger partial charge in [-0.25, -0.2) is 0 Å². The Morgan fingerprint density at radius 1 is 1.25 bits per heavy atom. The molecule has 116 valence electrons. The molecule has 0 spiro atoms. The molecule has 1 aliphatic carbocycles. The number of carboxylic acids is 1. The summed E-state index contributed by atoms with van der Waals surface area (Å²) in [7, 11) is 0. The normalized spacial score (nSPS) is 26.4. The highest BCUT2D eigenvalue weighted by Crippen LogP contribution is 2.44. The van der Waals surface area contributed by atoms with Crippen molar-refractivity contribution in [3.05, 3.63) is 12.7 Å². The van der Waals surface area contributed by atoms with E-state index in [9.17, 15) is 9.90 Å². The van der Waals surface area contributed by atoms with Gasteiger partial charge in [0.15, 0.2) is 0 Å². The number of carbonyl (C=O) groups is 1. The minimum Gasteiger partial charge on any atom is -0.481 e. The lowest BCUT2D eigenvalue weighted by Gasteiger charge is -2.37. The minimum absolute atomic E-state index is 0.406. The molecule has 0 aromatic heterocycles. The van der Waals surface area contributed by atoms with Crippen molar-refractivity contribution in [3.8, 4) is 0 Å². The number of hydrogen-bond donors (Lipinski definition) is 1. The molecule has 0 heterocycles. The van der Waals surface area contributed by atoms with Gasteiger partial charge in [0.1, 0.15) is 0 Å². The van der Waals surface area contributed by atoms with E-state index < -0.39 is 11.4 Å². The molecule has 2 heteroatoms. The van der Waals surface area contributed by atoms with Crippen LogP contribution in [0.4, 0.5) is 0 Å². The number of aliphatic carboxylic acids is 1. The van der Waals surface area contributed by atoms with Crippen LogP contribution in [0, 0.1) is 11.3 Å². The molecule has 20 heavy (non-hydrogen) atoms. The summed E-state index contributed by atoms with van der Waals surface area (Å²) in [6, 6.07) is 0. The Balaban J connectivity index is 2.37. The van der Waals surface area contributed by atoms with Gasteiger partial charge in [-0.2, -0.15) is 0 Å². The molecule has 0 radical (unpaired) electrons. The van der Waals surface area contributed by atoms with Crippen molar-refractivity contribution in [1.82, 2.24) is 0 Å². The standard InChI is InChI=1S/C18H32O2/c1-3-5-7-8-9-13-18(17(19)20)14-11-16(12-15-18)10-6-4-2/h3,16H,1,4-15H2,2H3,(H,19,20). The first kappa shape index (κ1) is 17.3. The monoisotopic (exact) mass is 280 g/mol. The zero-order valence-electron chi connectivity index (χ0n) is 13.2. The second-order valence-electron chi connectivity index (χ2n) is 6.56. The lowest BCUT2D eigenvalue weighted by atomic mass is 9.67. The van der Waals surface area contributed by atoms with Gasteiger partial charge in [-0.05, 0) is 50.9 Å². The summed E-state index contributed by atoms with van der Waals surface area (Å²) in [5.74, 6) is 0.235. The van der Waals surface area contributed by atoms with E-state index in [0.29, 0.717) is 0 Å². The van der Waals surface area contributed by atoms with Gasteiger partial charge in [0.05, 0.1) is 5.41 Å². The average Bonchev–Trinajstić information content (AvgIpc) is 2.46. The Morgan fingerprint density at radius 2 is 1.95 bits per heavy atom. The molecule has 1 N–H and O–H groups in total. The van der Waals surface area contributed by atoms with E-state index >= 15 is 0 Å². The molecular formula is C18H32O2. The molecule has 0 atom stereocenters. The minimum atomic E-state index is -0.546. The van der Waals surface area contributed by atoms with E-state index in [-0.39, 0.29) is 0 Å². The van der Waals surface area contributed by atoms with Crippen molar-refractivity contribution in [1.29, 1.82) is 0 Å². The fourth-order valence-corrected chi connectivity index (χ4v) is 3.51. The van der Waals surface area contributed by atoms with Gasteiger partial charge in [0.2, 0.25) is 0 Å². The predicted molar refractivity (Wildman–Crippen MR) is 84.8 cm³/mol. The second kappa shape index (κ2) is 9.20. The van der Waals surface area contributed by atoms with Crippen molar-refractivity contribution in [2.24, 2.45) is 11.3 Å². The van der Waals surface area contributed by atoms with Gasteiger partial charge in [-0.15, -0.1) is 6.58 Å². The molecule has 0 amide bonds. The first-order valence-corrected chi connectivity index (χ1v) is 8.49. The van der Waals surface area contributed by atoms with E-state index in [1.165, 1.54) is 19.3 Å². The van der Waals surface area contributed by atoms with Crippen LogP contribution in [0.2, 0.25) is 0 Å². The lowest BCUT2D eigenvalue weighted by molar-refractivity contribution is -0.152. The van der Waals surface area contributed by atoms with Crippen LogP contribution >= 0.6 is 0 Å². The van der Waals surface area contributed by atoms with E-state index in [1.807, 2.05) is 6.08 Å². The van der Waals surface area contributed by atoms with Gasteiger partial charge in [-0.1, -0.05) is 45.1 Å². The van der Waals surface area contributed by atoms with E-state index in [2.05, 4.69) is 13.5 Å². The molecule has 0 aromatic carbocycles. The zero-order chi connectivity index (χ0) is 14.8. The van der Waals surface area contributed by atoms with E-state index in [1.54, 1.807) is 0 Å². The van der Waals surface area contributed by atoms with Crippen molar-refractivity contribution in [3.63, 3.8) is 0 Å². The van der Waals surface area contributed by atoms with Crippen LogP contribution in [0.1, 0.15) is 84.0 Å². The summed E-state index contributed by atoms with van der Waals surface area (Å²) in [6.07, 6.45) is 15.1. The largest absolute Gasteiger partial charge is 0.481 e. The van der Waals surface area contributed by atoms with Crippen LogP contribution in [-0.4, -0.2) is 11.1 Å². The Labute approximate surface area is 124 Å². The fourth-order valence-electron chi connectivity index (χ4n) is 3.51. The van der Waals surface area contributed by atoms with Crippen molar-refractivity contribution in [2.45, 2.75) is 84.0 Å². The second-order valence-corrected chi connectivity index (χ2v) is 6.56. The van der Waals surface area contributed by atoms with Crippen LogP contribution in [0.15, 0.2) is 12.7 Å². The Bertz CT molecular complexity index is 288. The number of carboxylic acid groups (broad SMARTS) is 1. The lowest BCUT2D eigenvalue weighted by Crippen LogP contribution is -2.35. The molecule has 0 saturated heterocycles. The first-order valence-electron chi connectivity index (χ1n) is 8.49. The maximum Gasteiger partial charge on any atom is 0.309 e. The van der Waals surface area contributed by atoms with E-state index in [0.717, 1.165) is 63.7 Å². The maximum absolute atomic E-state index is 11.7. The Kier molecular flexibility index (Phi) is 7.94. The molecule has 2 nitrogen and oxygen atoms in total. The van der Waals surface area contributed by atoms with Crippen molar-refractivity contribution < 1.29 is 9.90 Å². The SMILES string of the molecule is C=CCCCCCC1(C(=O)O)CCC(CCCC)CC1. The third-order valence-electron chi connectivity index (χ3n) is 5.05. The smallest absolute Gasteiger partial charge is 0.309 e. The molecule has 0 aromatic rings. The van der Waals surface area contributed by atoms with Crippen LogP contribution in [-0.2, 0) is 4.79 Å². The molecular weight excluding hydrogens is 248 g/mol. The van der Waals surface area contributed by atoms with Gasteiger partial charge >= 0.3 is 5.97 Å². The summed E-state index contributed by atoms with van der Waals surface area (Å²) >= 11 is 0. The van der Waals surface area contributed by atoms with Crippen LogP contribution < -0.4 is 0 Å². The summed E-state index contributed by atoms with van der Waals surface area (Å²) in [5, 5.41) is 9.64. The van der Waals surface area contributed by atoms with Gasteiger partial charge in [-0.3, -0.25) is 4.79 Å². The fraction of sp³-hybridized carbons (Fsp3) is 0.833. The quantitative estimate of drug-likeness (QED) is 0.419. The summed E-state index contributed by atoms with van der Waals surface area (Å²) in [4.78, 5) is 11.7. The molecule has 0 aliphatic heterocycles. The van der Waals surface area contributed by atoms with Gasteiger partial charge < -0.3 is 5.11 Å². The number of allylic oxidation sites excluding steroid dienone is 1. The molecule has 1 fully saturated rings. The van der Waals surface area contributed by atoms with Crippen LogP contribution in [0.3, 0.4) is 0 Å². The third-order valence-corrected chi connectivity index (χ3v) is 5.05. The number of unbranched alkanes of at least 4 members (excludes halogenated alkanes) is 4. The van der Waals surface area contributed by atoms with Crippen LogP contribution in [0.5, 0.6) is 0 Å². The topological polar surface area (TPSA) is 37.3 Å². The molecule has 1 aliphatic rings. The Hall–Kier alpha value is -0.790. The maximum atomic E-state index is 11.7. The van der Waals surface area contributed by atoms with Crippen molar-refractivity contribution >= 4 is 5.97 Å². The Morgan fingerprint density at radius 3 is 2.50 bits per heavy atom. The molecule has 1 saturated carbocycles. The number of rotatable bonds is 10. The van der Waals surface area contributed by atoms with E-state index in [4.69, 9.17) is 0 Å². The summed E-state index contributed by atoms with van der Waals surface area (Å²) in [5.41, 5.74) is -0.406. The van der Waals surface area contributed by atoms with Crippen LogP contribution in [0.25, 0.3) is 0 Å². The highest BCUT2D eigenvalue weighted by molar-refractivity contribution is 5.74. The highest BCUT2D eigenvalue weighted by Gasteiger charge is 2.40. The molecule has 1 rings (SSSR count). The molecule has 0 bridgehead atoms. The van der Waals surface area contributed by atoms with Gasteiger partial charge in [0.25, 0.3) is 0 Å². The molecule has 0 unspecified atom stereocenters. The highest BCUT2D eigenvalue weighted by atomic mass is 16.4. The zero-order valence-corrected chi connectivity index (χ0v) is 13.2.